The molecule has 5 nitrogen and oxygen atoms in total. The molecule has 118 valence electrons. The van der Waals surface area contributed by atoms with E-state index in [9.17, 15) is 18.0 Å². The molecular formula is C12H21F3N2O3. The van der Waals surface area contributed by atoms with Gasteiger partial charge in [-0.25, -0.2) is 4.79 Å². The second-order valence-electron chi connectivity index (χ2n) is 5.24. The van der Waals surface area contributed by atoms with E-state index < -0.39 is 24.4 Å². The predicted octanol–water partition coefficient (Wildman–Crippen LogP) is 1.12. The molecule has 0 saturated carbocycles. The Kier molecular flexibility index (Phi) is 6.22. The standard InChI is InChI=1S/C12H21F3N2O3/c1-8(2)7-9(16)10(17-3-5-19-6-4-17)20-11(18)12(13,14)15/h8-10H,3-7,16H2,1-2H3/t9-,10?/m0/s1. The maximum atomic E-state index is 12.3. The minimum Gasteiger partial charge on any atom is -0.438 e. The molecule has 0 aromatic heterocycles. The summed E-state index contributed by atoms with van der Waals surface area (Å²) >= 11 is 0. The molecule has 1 aliphatic rings. The first-order chi connectivity index (χ1) is 9.21. The lowest BCUT2D eigenvalue weighted by molar-refractivity contribution is -0.217. The van der Waals surface area contributed by atoms with Crippen molar-refractivity contribution >= 4 is 5.97 Å². The van der Waals surface area contributed by atoms with Gasteiger partial charge in [0.05, 0.1) is 19.3 Å². The topological polar surface area (TPSA) is 64.8 Å². The molecule has 2 atom stereocenters. The molecule has 0 spiro atoms. The Balaban J connectivity index is 2.75. The summed E-state index contributed by atoms with van der Waals surface area (Å²) in [5.74, 6) is -2.01. The number of nitrogens with zero attached hydrogens (tertiary/aromatic N) is 1. The van der Waals surface area contributed by atoms with E-state index in [1.807, 2.05) is 13.8 Å². The van der Waals surface area contributed by atoms with Crippen molar-refractivity contribution in [1.29, 1.82) is 0 Å². The lowest BCUT2D eigenvalue weighted by Crippen LogP contribution is -2.55. The second-order valence-corrected chi connectivity index (χ2v) is 5.24. The van der Waals surface area contributed by atoms with Crippen molar-refractivity contribution in [3.8, 4) is 0 Å². The maximum absolute atomic E-state index is 12.3. The zero-order chi connectivity index (χ0) is 15.3. The highest BCUT2D eigenvalue weighted by Crippen LogP contribution is 2.21. The number of ether oxygens (including phenoxy) is 2. The third-order valence-corrected chi connectivity index (χ3v) is 2.97. The SMILES string of the molecule is CC(C)C[C@H](N)C(OC(=O)C(F)(F)F)N1CCOCC1. The summed E-state index contributed by atoms with van der Waals surface area (Å²) in [5, 5.41) is 0. The summed E-state index contributed by atoms with van der Waals surface area (Å²) in [6.45, 7) is 5.36. The van der Waals surface area contributed by atoms with Crippen LogP contribution in [-0.2, 0) is 14.3 Å². The Morgan fingerprint density at radius 2 is 1.90 bits per heavy atom. The van der Waals surface area contributed by atoms with E-state index in [1.165, 1.54) is 0 Å². The Hall–Kier alpha value is -0.860. The average Bonchev–Trinajstić information content (AvgIpc) is 2.34. The third kappa shape index (κ3) is 5.26. The molecule has 1 fully saturated rings. The van der Waals surface area contributed by atoms with Crippen LogP contribution < -0.4 is 5.73 Å². The molecule has 0 radical (unpaired) electrons. The molecule has 1 unspecified atom stereocenters. The van der Waals surface area contributed by atoms with E-state index in [0.717, 1.165) is 0 Å². The normalized spacial score (nSPS) is 20.8. The van der Waals surface area contributed by atoms with Crippen LogP contribution in [0.1, 0.15) is 20.3 Å². The van der Waals surface area contributed by atoms with Crippen molar-refractivity contribution in [3.63, 3.8) is 0 Å². The van der Waals surface area contributed by atoms with Crippen LogP contribution in [0.4, 0.5) is 13.2 Å². The number of rotatable bonds is 5. The molecular weight excluding hydrogens is 277 g/mol. The van der Waals surface area contributed by atoms with Crippen LogP contribution in [-0.4, -0.2) is 55.6 Å². The summed E-state index contributed by atoms with van der Waals surface area (Å²) in [6.07, 6.45) is -5.62. The van der Waals surface area contributed by atoms with E-state index in [2.05, 4.69) is 4.74 Å². The first-order valence-electron chi connectivity index (χ1n) is 6.57. The minimum atomic E-state index is -5.01. The lowest BCUT2D eigenvalue weighted by atomic mass is 10.0. The smallest absolute Gasteiger partial charge is 0.438 e. The predicted molar refractivity (Wildman–Crippen MR) is 65.8 cm³/mol. The van der Waals surface area contributed by atoms with Gasteiger partial charge in [-0.15, -0.1) is 0 Å². The summed E-state index contributed by atoms with van der Waals surface area (Å²) in [5.41, 5.74) is 5.91. The number of carbonyl (C=O) groups is 1. The molecule has 0 aromatic rings. The van der Waals surface area contributed by atoms with E-state index in [1.54, 1.807) is 4.90 Å². The Labute approximate surface area is 116 Å². The molecule has 1 aliphatic heterocycles. The Morgan fingerprint density at radius 3 is 2.35 bits per heavy atom. The molecule has 2 N–H and O–H groups in total. The Bertz CT molecular complexity index is 318. The number of carbonyl (C=O) groups excluding carboxylic acids is 1. The number of nitrogens with two attached hydrogens (primary N) is 1. The van der Waals surface area contributed by atoms with Crippen molar-refractivity contribution < 1.29 is 27.4 Å². The van der Waals surface area contributed by atoms with Crippen molar-refractivity contribution in [1.82, 2.24) is 4.90 Å². The van der Waals surface area contributed by atoms with Crippen LogP contribution in [0.5, 0.6) is 0 Å². The van der Waals surface area contributed by atoms with Crippen molar-refractivity contribution in [2.45, 2.75) is 38.7 Å². The zero-order valence-electron chi connectivity index (χ0n) is 11.7. The molecule has 0 amide bonds. The van der Waals surface area contributed by atoms with Crippen LogP contribution in [0.3, 0.4) is 0 Å². The highest BCUT2D eigenvalue weighted by molar-refractivity contribution is 5.75. The lowest BCUT2D eigenvalue weighted by Gasteiger charge is -2.37. The van der Waals surface area contributed by atoms with Gasteiger partial charge in [0.25, 0.3) is 0 Å². The van der Waals surface area contributed by atoms with Gasteiger partial charge in [-0.1, -0.05) is 13.8 Å². The second kappa shape index (κ2) is 7.24. The number of esters is 1. The van der Waals surface area contributed by atoms with Gasteiger partial charge in [0.2, 0.25) is 0 Å². The van der Waals surface area contributed by atoms with Gasteiger partial charge < -0.3 is 15.2 Å². The fourth-order valence-corrected chi connectivity index (χ4v) is 2.10. The first kappa shape index (κ1) is 17.2. The van der Waals surface area contributed by atoms with Gasteiger partial charge in [-0.2, -0.15) is 13.2 Å². The summed E-state index contributed by atoms with van der Waals surface area (Å²) in [4.78, 5) is 12.7. The number of alkyl halides is 3. The Morgan fingerprint density at radius 1 is 1.35 bits per heavy atom. The number of halogens is 3. The van der Waals surface area contributed by atoms with Crippen LogP contribution >= 0.6 is 0 Å². The molecule has 1 heterocycles. The van der Waals surface area contributed by atoms with Gasteiger partial charge in [-0.05, 0) is 12.3 Å². The van der Waals surface area contributed by atoms with Crippen molar-refractivity contribution in [3.05, 3.63) is 0 Å². The molecule has 0 bridgehead atoms. The maximum Gasteiger partial charge on any atom is 0.490 e. The summed E-state index contributed by atoms with van der Waals surface area (Å²) in [6, 6.07) is -0.667. The number of hydrogen-bond acceptors (Lipinski definition) is 5. The van der Waals surface area contributed by atoms with Gasteiger partial charge in [0, 0.05) is 13.1 Å². The summed E-state index contributed by atoms with van der Waals surface area (Å²) < 4.78 is 46.8. The summed E-state index contributed by atoms with van der Waals surface area (Å²) in [7, 11) is 0. The monoisotopic (exact) mass is 298 g/mol. The van der Waals surface area contributed by atoms with Gasteiger partial charge in [-0.3, -0.25) is 4.90 Å². The van der Waals surface area contributed by atoms with Crippen molar-refractivity contribution in [2.24, 2.45) is 11.7 Å². The zero-order valence-corrected chi connectivity index (χ0v) is 11.7. The van der Waals surface area contributed by atoms with Crippen LogP contribution in [0, 0.1) is 5.92 Å². The average molecular weight is 298 g/mol. The minimum absolute atomic E-state index is 0.193. The van der Waals surface area contributed by atoms with Crippen LogP contribution in [0.2, 0.25) is 0 Å². The highest BCUT2D eigenvalue weighted by Gasteiger charge is 2.44. The van der Waals surface area contributed by atoms with Gasteiger partial charge in [0.15, 0.2) is 6.23 Å². The van der Waals surface area contributed by atoms with Crippen molar-refractivity contribution in [2.75, 3.05) is 26.3 Å². The molecule has 8 heteroatoms. The van der Waals surface area contributed by atoms with E-state index in [0.29, 0.717) is 32.7 Å². The number of hydrogen-bond donors (Lipinski definition) is 1. The third-order valence-electron chi connectivity index (χ3n) is 2.97. The molecule has 1 saturated heterocycles. The molecule has 20 heavy (non-hydrogen) atoms. The van der Waals surface area contributed by atoms with Gasteiger partial charge in [0.1, 0.15) is 0 Å². The van der Waals surface area contributed by atoms with Crippen LogP contribution in [0.25, 0.3) is 0 Å². The molecule has 0 aliphatic carbocycles. The quantitative estimate of drug-likeness (QED) is 0.771. The van der Waals surface area contributed by atoms with E-state index in [4.69, 9.17) is 10.5 Å². The van der Waals surface area contributed by atoms with E-state index >= 15 is 0 Å². The molecule has 0 aromatic carbocycles. The van der Waals surface area contributed by atoms with Crippen LogP contribution in [0.15, 0.2) is 0 Å². The fourth-order valence-electron chi connectivity index (χ4n) is 2.10. The highest BCUT2D eigenvalue weighted by atomic mass is 19.4. The van der Waals surface area contributed by atoms with E-state index in [-0.39, 0.29) is 5.92 Å². The first-order valence-corrected chi connectivity index (χ1v) is 6.57. The molecule has 1 rings (SSSR count). The van der Waals surface area contributed by atoms with Gasteiger partial charge >= 0.3 is 12.1 Å². The number of morpholine rings is 1. The largest absolute Gasteiger partial charge is 0.490 e. The fraction of sp³-hybridized carbons (Fsp3) is 0.917.